The van der Waals surface area contributed by atoms with Crippen molar-refractivity contribution in [3.8, 4) is 0 Å². The average Bonchev–Trinajstić information content (AvgIpc) is 2.90. The van der Waals surface area contributed by atoms with Crippen LogP contribution in [0.15, 0.2) is 40.1 Å². The molecule has 0 atom stereocenters. The van der Waals surface area contributed by atoms with Crippen LogP contribution in [0.4, 0.5) is 0 Å². The van der Waals surface area contributed by atoms with Gasteiger partial charge in [0.05, 0.1) is 11.6 Å². The van der Waals surface area contributed by atoms with Crippen LogP contribution in [0.5, 0.6) is 0 Å². The summed E-state index contributed by atoms with van der Waals surface area (Å²) < 4.78 is 2.06. The maximum atomic E-state index is 12.6. The van der Waals surface area contributed by atoms with Crippen LogP contribution in [0.2, 0.25) is 5.15 Å². The molecule has 2 aromatic heterocycles. The molecule has 0 bridgehead atoms. The molecule has 2 heterocycles. The molecule has 0 aliphatic carbocycles. The van der Waals surface area contributed by atoms with Gasteiger partial charge >= 0.3 is 0 Å². The van der Waals surface area contributed by atoms with E-state index in [0.29, 0.717) is 21.8 Å². The molecule has 1 aromatic carbocycles. The quantitative estimate of drug-likeness (QED) is 0.384. The van der Waals surface area contributed by atoms with E-state index in [1.54, 1.807) is 18.2 Å². The highest BCUT2D eigenvalue weighted by Crippen LogP contribution is 2.24. The predicted molar refractivity (Wildman–Crippen MR) is 86.0 cm³/mol. The van der Waals surface area contributed by atoms with Crippen molar-refractivity contribution in [3.63, 3.8) is 0 Å². The van der Waals surface area contributed by atoms with Gasteiger partial charge in [0.2, 0.25) is 0 Å². The van der Waals surface area contributed by atoms with E-state index in [-0.39, 0.29) is 11.1 Å². The summed E-state index contributed by atoms with van der Waals surface area (Å²) >= 11 is 10.8. The Balaban J connectivity index is 2.16. The van der Waals surface area contributed by atoms with Crippen molar-refractivity contribution in [2.45, 2.75) is 5.16 Å². The number of benzene rings is 1. The molecule has 106 valence electrons. The lowest BCUT2D eigenvalue weighted by Gasteiger charge is -2.03. The van der Waals surface area contributed by atoms with Crippen LogP contribution in [0.1, 0.15) is 10.4 Å². The lowest BCUT2D eigenvalue weighted by Crippen LogP contribution is -2.14. The van der Waals surface area contributed by atoms with Crippen LogP contribution >= 0.6 is 39.3 Å². The Hall–Kier alpha value is -1.44. The molecule has 0 N–H and O–H groups in total. The molecule has 0 unspecified atom stereocenters. The van der Waals surface area contributed by atoms with Crippen LogP contribution in [0, 0.1) is 0 Å². The number of halogens is 2. The Morgan fingerprint density at radius 1 is 1.38 bits per heavy atom. The second kappa shape index (κ2) is 5.75. The van der Waals surface area contributed by atoms with Gasteiger partial charge in [-0.2, -0.15) is 9.78 Å². The first kappa shape index (κ1) is 14.5. The van der Waals surface area contributed by atoms with E-state index in [4.69, 9.17) is 11.6 Å². The van der Waals surface area contributed by atoms with Crippen LogP contribution in [-0.2, 0) is 0 Å². The van der Waals surface area contributed by atoms with Crippen LogP contribution < -0.4 is 0 Å². The fourth-order valence-corrected chi connectivity index (χ4v) is 2.86. The molecule has 0 aliphatic rings. The third kappa shape index (κ3) is 2.68. The van der Waals surface area contributed by atoms with Crippen LogP contribution in [0.3, 0.4) is 0 Å². The highest BCUT2D eigenvalue weighted by molar-refractivity contribution is 9.10. The van der Waals surface area contributed by atoms with E-state index >= 15 is 0 Å². The van der Waals surface area contributed by atoms with Gasteiger partial charge in [-0.15, -0.1) is 0 Å². The van der Waals surface area contributed by atoms with Gasteiger partial charge < -0.3 is 0 Å². The maximum absolute atomic E-state index is 12.6. The second-order valence-electron chi connectivity index (χ2n) is 4.11. The van der Waals surface area contributed by atoms with Crippen LogP contribution in [-0.4, -0.2) is 31.9 Å². The largest absolute Gasteiger partial charge is 0.280 e. The smallest absolute Gasteiger partial charge is 0.267 e. The van der Waals surface area contributed by atoms with Gasteiger partial charge in [0.25, 0.3) is 5.91 Å². The minimum Gasteiger partial charge on any atom is -0.267 e. The molecule has 5 nitrogen and oxygen atoms in total. The SMILES string of the molecule is CSc1nc(Cl)c2cnn(C(=O)c3cccc(Br)c3)c2n1. The monoisotopic (exact) mass is 382 g/mol. The molecule has 0 amide bonds. The highest BCUT2D eigenvalue weighted by atomic mass is 79.9. The van der Waals surface area contributed by atoms with E-state index in [0.717, 1.165) is 4.47 Å². The molecule has 0 saturated heterocycles. The zero-order valence-corrected chi connectivity index (χ0v) is 13.9. The third-order valence-corrected chi connectivity index (χ3v) is 4.14. The maximum Gasteiger partial charge on any atom is 0.280 e. The zero-order valence-electron chi connectivity index (χ0n) is 10.7. The number of thioether (sulfide) groups is 1. The number of fused-ring (bicyclic) bond motifs is 1. The number of carbonyl (C=O) groups excluding carboxylic acids is 1. The topological polar surface area (TPSA) is 60.7 Å². The molecule has 0 radical (unpaired) electrons. The van der Waals surface area contributed by atoms with Crippen molar-refractivity contribution >= 4 is 56.2 Å². The number of aromatic nitrogens is 4. The Labute approximate surface area is 137 Å². The summed E-state index contributed by atoms with van der Waals surface area (Å²) in [4.78, 5) is 21.0. The first-order valence-electron chi connectivity index (χ1n) is 5.85. The Kier molecular flexibility index (Phi) is 3.97. The fourth-order valence-electron chi connectivity index (χ4n) is 1.84. The molecule has 3 aromatic rings. The first-order chi connectivity index (χ1) is 10.1. The summed E-state index contributed by atoms with van der Waals surface area (Å²) in [6, 6.07) is 7.09. The molecule has 21 heavy (non-hydrogen) atoms. The van der Waals surface area contributed by atoms with Crippen LogP contribution in [0.25, 0.3) is 11.0 Å². The highest BCUT2D eigenvalue weighted by Gasteiger charge is 2.17. The van der Waals surface area contributed by atoms with Gasteiger partial charge in [0.1, 0.15) is 5.15 Å². The van der Waals surface area contributed by atoms with Gasteiger partial charge in [0, 0.05) is 10.0 Å². The lowest BCUT2D eigenvalue weighted by atomic mass is 10.2. The molecule has 0 fully saturated rings. The summed E-state index contributed by atoms with van der Waals surface area (Å²) in [5.74, 6) is -0.270. The molecule has 0 spiro atoms. The van der Waals surface area contributed by atoms with Gasteiger partial charge in [-0.25, -0.2) is 9.97 Å². The third-order valence-electron chi connectivity index (χ3n) is 2.81. The zero-order chi connectivity index (χ0) is 15.0. The van der Waals surface area contributed by atoms with Gasteiger partial charge in [-0.05, 0) is 24.5 Å². The lowest BCUT2D eigenvalue weighted by molar-refractivity contribution is 0.0949. The number of hydrogen-bond acceptors (Lipinski definition) is 5. The molecule has 0 saturated carbocycles. The standard InChI is InChI=1S/C13H8BrClN4OS/c1-21-13-17-10(15)9-6-16-19(11(9)18-13)12(20)7-3-2-4-8(14)5-7/h2-6H,1H3. The summed E-state index contributed by atoms with van der Waals surface area (Å²) in [5, 5.41) is 5.43. The average molecular weight is 384 g/mol. The van der Waals surface area contributed by atoms with E-state index < -0.39 is 0 Å². The van der Waals surface area contributed by atoms with E-state index in [2.05, 4.69) is 31.0 Å². The molecule has 8 heteroatoms. The minimum atomic E-state index is -0.270. The Morgan fingerprint density at radius 2 is 2.19 bits per heavy atom. The van der Waals surface area contributed by atoms with Crippen molar-refractivity contribution in [3.05, 3.63) is 45.7 Å². The van der Waals surface area contributed by atoms with Crippen molar-refractivity contribution in [2.24, 2.45) is 0 Å². The summed E-state index contributed by atoms with van der Waals surface area (Å²) in [6.45, 7) is 0. The molecular formula is C13H8BrClN4OS. The minimum absolute atomic E-state index is 0.270. The van der Waals surface area contributed by atoms with E-state index in [1.807, 2.05) is 12.3 Å². The molecular weight excluding hydrogens is 376 g/mol. The van der Waals surface area contributed by atoms with E-state index in [9.17, 15) is 4.79 Å². The van der Waals surface area contributed by atoms with Crippen molar-refractivity contribution in [1.82, 2.24) is 19.7 Å². The number of nitrogens with zero attached hydrogens (tertiary/aromatic N) is 4. The van der Waals surface area contributed by atoms with Gasteiger partial charge in [-0.1, -0.05) is 45.4 Å². The first-order valence-corrected chi connectivity index (χ1v) is 8.25. The van der Waals surface area contributed by atoms with E-state index in [1.165, 1.54) is 22.6 Å². The number of rotatable bonds is 2. The van der Waals surface area contributed by atoms with Crippen molar-refractivity contribution in [2.75, 3.05) is 6.26 Å². The summed E-state index contributed by atoms with van der Waals surface area (Å²) in [5.41, 5.74) is 0.916. The van der Waals surface area contributed by atoms with Crippen molar-refractivity contribution < 1.29 is 4.79 Å². The fraction of sp³-hybridized carbons (Fsp3) is 0.0769. The number of carbonyl (C=O) groups is 1. The van der Waals surface area contributed by atoms with Gasteiger partial charge in [-0.3, -0.25) is 4.79 Å². The number of hydrogen-bond donors (Lipinski definition) is 0. The Bertz CT molecular complexity index is 851. The van der Waals surface area contributed by atoms with Crippen molar-refractivity contribution in [1.29, 1.82) is 0 Å². The molecule has 3 rings (SSSR count). The summed E-state index contributed by atoms with van der Waals surface area (Å²) in [7, 11) is 0. The Morgan fingerprint density at radius 3 is 2.90 bits per heavy atom. The normalized spacial score (nSPS) is 11.0. The predicted octanol–water partition coefficient (Wildman–Crippen LogP) is 3.65. The summed E-state index contributed by atoms with van der Waals surface area (Å²) in [6.07, 6.45) is 3.34. The second-order valence-corrected chi connectivity index (χ2v) is 6.16. The van der Waals surface area contributed by atoms with Gasteiger partial charge in [0.15, 0.2) is 10.8 Å². The molecule has 0 aliphatic heterocycles.